The van der Waals surface area contributed by atoms with Crippen molar-refractivity contribution in [1.82, 2.24) is 21.3 Å². The van der Waals surface area contributed by atoms with Crippen LogP contribution in [0.4, 0.5) is 0 Å². The minimum Gasteiger partial charge on any atom is -0.480 e. The number of aliphatic imine (C=N–C) groups is 1. The van der Waals surface area contributed by atoms with Crippen molar-refractivity contribution in [3.8, 4) is 0 Å². The van der Waals surface area contributed by atoms with Gasteiger partial charge in [-0.2, -0.15) is 0 Å². The van der Waals surface area contributed by atoms with Crippen LogP contribution in [-0.2, 0) is 19.2 Å². The number of guanidine groups is 1. The minimum absolute atomic E-state index is 0.0935. The third-order valence-corrected chi connectivity index (χ3v) is 5.77. The molecule has 35 heavy (non-hydrogen) atoms. The van der Waals surface area contributed by atoms with Crippen LogP contribution in [0, 0.1) is 5.92 Å². The molecule has 0 spiro atoms. The van der Waals surface area contributed by atoms with E-state index >= 15 is 0 Å². The second-order valence-corrected chi connectivity index (χ2v) is 9.07. The number of carboxylic acid groups (broad SMARTS) is 1. The number of rotatable bonds is 16. The summed E-state index contributed by atoms with van der Waals surface area (Å²) in [5, 5.41) is 20.5. The lowest BCUT2D eigenvalue weighted by Gasteiger charge is -2.26. The van der Waals surface area contributed by atoms with Crippen molar-refractivity contribution in [3.63, 3.8) is 0 Å². The molecule has 0 aliphatic carbocycles. The van der Waals surface area contributed by atoms with Crippen LogP contribution in [0.2, 0.25) is 0 Å². The predicted octanol–water partition coefficient (Wildman–Crippen LogP) is -1.88. The van der Waals surface area contributed by atoms with E-state index in [0.717, 1.165) is 13.0 Å². The molecular weight excluding hydrogens is 456 g/mol. The zero-order chi connectivity index (χ0) is 26.4. The van der Waals surface area contributed by atoms with E-state index < -0.39 is 35.9 Å². The van der Waals surface area contributed by atoms with E-state index in [-0.39, 0.29) is 36.8 Å². The quantitative estimate of drug-likeness (QED) is 0.0675. The van der Waals surface area contributed by atoms with Gasteiger partial charge in [0.25, 0.3) is 0 Å². The van der Waals surface area contributed by atoms with E-state index in [4.69, 9.17) is 17.2 Å². The molecule has 4 atom stereocenters. The van der Waals surface area contributed by atoms with Crippen molar-refractivity contribution < 1.29 is 24.3 Å². The molecule has 0 aromatic rings. The Bertz CT molecular complexity index is 735. The number of hydrogen-bond donors (Lipinski definition) is 8. The van der Waals surface area contributed by atoms with Crippen LogP contribution in [-0.4, -0.2) is 78.6 Å². The number of nitrogens with zero attached hydrogens (tertiary/aromatic N) is 1. The Labute approximate surface area is 206 Å². The summed E-state index contributed by atoms with van der Waals surface area (Å²) in [4.78, 5) is 54.2. The Morgan fingerprint density at radius 1 is 1.00 bits per heavy atom. The van der Waals surface area contributed by atoms with Crippen LogP contribution < -0.4 is 38.5 Å². The number of hydrogen-bond acceptors (Lipinski definition) is 7. The SMILES string of the molecule is CC(C)C(NC(=O)C(CCCN=C(N)N)NC(=O)C(CCCCN)NC(=O)C1CCCN1)C(=O)O. The van der Waals surface area contributed by atoms with Gasteiger partial charge in [-0.05, 0) is 64.0 Å². The second kappa shape index (κ2) is 15.9. The maximum Gasteiger partial charge on any atom is 0.326 e. The molecule has 1 rings (SSSR count). The van der Waals surface area contributed by atoms with Gasteiger partial charge in [0.1, 0.15) is 18.1 Å². The standard InChI is InChI=1S/C22H42N8O5/c1-13(2)17(21(34)35)30-20(33)16(9-6-12-27-22(24)25)29-19(32)15(7-3-4-10-23)28-18(31)14-8-5-11-26-14/h13-17,26H,3-12,23H2,1-2H3,(H,28,31)(H,29,32)(H,30,33)(H,34,35)(H4,24,25,27). The van der Waals surface area contributed by atoms with E-state index in [9.17, 15) is 24.3 Å². The molecule has 0 aromatic carbocycles. The first kappa shape index (κ1) is 30.1. The molecule has 1 saturated heterocycles. The number of aliphatic carboxylic acids is 1. The summed E-state index contributed by atoms with van der Waals surface area (Å²) in [6, 6.07) is -3.37. The zero-order valence-electron chi connectivity index (χ0n) is 20.7. The average molecular weight is 499 g/mol. The van der Waals surface area contributed by atoms with Crippen LogP contribution in [0.5, 0.6) is 0 Å². The van der Waals surface area contributed by atoms with Crippen molar-refractivity contribution in [2.45, 2.75) is 83.0 Å². The molecule has 11 N–H and O–H groups in total. The van der Waals surface area contributed by atoms with Crippen LogP contribution in [0.15, 0.2) is 4.99 Å². The van der Waals surface area contributed by atoms with Crippen molar-refractivity contribution in [1.29, 1.82) is 0 Å². The van der Waals surface area contributed by atoms with Gasteiger partial charge < -0.3 is 43.6 Å². The highest BCUT2D eigenvalue weighted by molar-refractivity contribution is 5.94. The Morgan fingerprint density at radius 3 is 2.17 bits per heavy atom. The van der Waals surface area contributed by atoms with Crippen LogP contribution in [0.3, 0.4) is 0 Å². The highest BCUT2D eigenvalue weighted by atomic mass is 16.4. The van der Waals surface area contributed by atoms with Crippen molar-refractivity contribution >= 4 is 29.7 Å². The first-order valence-corrected chi connectivity index (χ1v) is 12.2. The van der Waals surface area contributed by atoms with E-state index in [1.807, 2.05) is 0 Å². The number of nitrogens with two attached hydrogens (primary N) is 3. The lowest BCUT2D eigenvalue weighted by Crippen LogP contribution is -2.57. The fraction of sp³-hybridized carbons (Fsp3) is 0.773. The molecule has 1 fully saturated rings. The zero-order valence-corrected chi connectivity index (χ0v) is 20.7. The van der Waals surface area contributed by atoms with Crippen LogP contribution >= 0.6 is 0 Å². The molecule has 3 amide bonds. The van der Waals surface area contributed by atoms with Crippen LogP contribution in [0.25, 0.3) is 0 Å². The molecule has 1 heterocycles. The highest BCUT2D eigenvalue weighted by Crippen LogP contribution is 2.09. The van der Waals surface area contributed by atoms with E-state index in [1.54, 1.807) is 13.8 Å². The monoisotopic (exact) mass is 498 g/mol. The molecule has 0 bridgehead atoms. The molecule has 0 aromatic heterocycles. The normalized spacial score (nSPS) is 17.8. The summed E-state index contributed by atoms with van der Waals surface area (Å²) in [5.41, 5.74) is 16.2. The molecule has 4 unspecified atom stereocenters. The summed E-state index contributed by atoms with van der Waals surface area (Å²) < 4.78 is 0. The Morgan fingerprint density at radius 2 is 1.63 bits per heavy atom. The first-order valence-electron chi connectivity index (χ1n) is 12.2. The molecule has 1 aliphatic heterocycles. The van der Waals surface area contributed by atoms with Gasteiger partial charge in [-0.25, -0.2) is 4.79 Å². The number of unbranched alkanes of at least 4 members (excludes halogenated alkanes) is 1. The van der Waals surface area contributed by atoms with E-state index in [2.05, 4.69) is 26.3 Å². The third kappa shape index (κ3) is 11.4. The minimum atomic E-state index is -1.17. The highest BCUT2D eigenvalue weighted by Gasteiger charge is 2.31. The summed E-state index contributed by atoms with van der Waals surface area (Å²) >= 11 is 0. The van der Waals surface area contributed by atoms with E-state index in [1.165, 1.54) is 0 Å². The van der Waals surface area contributed by atoms with Gasteiger partial charge in [-0.3, -0.25) is 19.4 Å². The topological polar surface area (TPSA) is 227 Å². The van der Waals surface area contributed by atoms with Crippen molar-refractivity contribution in [3.05, 3.63) is 0 Å². The van der Waals surface area contributed by atoms with Gasteiger partial charge >= 0.3 is 5.97 Å². The average Bonchev–Trinajstić information content (AvgIpc) is 3.33. The number of nitrogens with one attached hydrogen (secondary N) is 4. The number of carbonyl (C=O) groups is 4. The van der Waals surface area contributed by atoms with E-state index in [0.29, 0.717) is 38.6 Å². The summed E-state index contributed by atoms with van der Waals surface area (Å²) in [6.07, 6.45) is 3.75. The molecule has 13 heteroatoms. The molecule has 0 radical (unpaired) electrons. The summed E-state index contributed by atoms with van der Waals surface area (Å²) in [5.74, 6) is -3.05. The van der Waals surface area contributed by atoms with Gasteiger partial charge in [0.2, 0.25) is 17.7 Å². The van der Waals surface area contributed by atoms with Gasteiger partial charge in [-0.1, -0.05) is 13.8 Å². The lowest BCUT2D eigenvalue weighted by molar-refractivity contribution is -0.143. The first-order chi connectivity index (χ1) is 16.6. The molecular formula is C22H42N8O5. The second-order valence-electron chi connectivity index (χ2n) is 9.07. The molecule has 200 valence electrons. The maximum absolute atomic E-state index is 13.2. The smallest absolute Gasteiger partial charge is 0.326 e. The Hall–Kier alpha value is -2.93. The van der Waals surface area contributed by atoms with Crippen molar-refractivity contribution in [2.75, 3.05) is 19.6 Å². The fourth-order valence-corrected chi connectivity index (χ4v) is 3.75. The summed E-state index contributed by atoms with van der Waals surface area (Å²) in [7, 11) is 0. The lowest BCUT2D eigenvalue weighted by atomic mass is 10.0. The summed E-state index contributed by atoms with van der Waals surface area (Å²) in [6.45, 7) is 4.77. The van der Waals surface area contributed by atoms with Crippen LogP contribution in [0.1, 0.15) is 58.8 Å². The number of amides is 3. The Balaban J connectivity index is 2.96. The Kier molecular flexibility index (Phi) is 13.7. The third-order valence-electron chi connectivity index (χ3n) is 5.77. The number of carbonyl (C=O) groups excluding carboxylic acids is 3. The van der Waals surface area contributed by atoms with Gasteiger partial charge in [-0.15, -0.1) is 0 Å². The van der Waals surface area contributed by atoms with Gasteiger partial charge in [0, 0.05) is 6.54 Å². The van der Waals surface area contributed by atoms with Crippen molar-refractivity contribution in [2.24, 2.45) is 28.1 Å². The predicted molar refractivity (Wildman–Crippen MR) is 132 cm³/mol. The fourth-order valence-electron chi connectivity index (χ4n) is 3.75. The van der Waals surface area contributed by atoms with Gasteiger partial charge in [0.05, 0.1) is 6.04 Å². The van der Waals surface area contributed by atoms with Gasteiger partial charge in [0.15, 0.2) is 5.96 Å². The molecule has 0 saturated carbocycles. The molecule has 13 nitrogen and oxygen atoms in total. The largest absolute Gasteiger partial charge is 0.480 e. The molecule has 1 aliphatic rings. The number of carboxylic acids is 1. The maximum atomic E-state index is 13.2.